The summed E-state index contributed by atoms with van der Waals surface area (Å²) in [4.78, 5) is 11.7. The van der Waals surface area contributed by atoms with Crippen molar-refractivity contribution in [2.45, 2.75) is 20.4 Å². The van der Waals surface area contributed by atoms with E-state index >= 15 is 0 Å². The molecule has 1 aromatic heterocycles. The molecule has 0 amide bonds. The lowest BCUT2D eigenvalue weighted by molar-refractivity contribution is -0.112. The summed E-state index contributed by atoms with van der Waals surface area (Å²) in [6, 6.07) is 0. The molecule has 0 aliphatic carbocycles. The topological polar surface area (TPSA) is 49.0 Å². The highest BCUT2D eigenvalue weighted by atomic mass is 16.5. The highest BCUT2D eigenvalue weighted by Crippen LogP contribution is 2.27. The molecule has 0 spiro atoms. The fourth-order valence-electron chi connectivity index (χ4n) is 1.62. The maximum atomic E-state index is 11.7. The monoisotopic (exact) mass is 209 g/mol. The van der Waals surface area contributed by atoms with Crippen LogP contribution in [0.15, 0.2) is 17.2 Å². The van der Waals surface area contributed by atoms with E-state index in [2.05, 4.69) is 12.0 Å². The first-order valence-corrected chi connectivity index (χ1v) is 4.99. The van der Waals surface area contributed by atoms with Gasteiger partial charge in [0.25, 0.3) is 0 Å². The van der Waals surface area contributed by atoms with E-state index in [9.17, 15) is 4.79 Å². The van der Waals surface area contributed by atoms with Gasteiger partial charge in [-0.1, -0.05) is 13.0 Å². The predicted molar refractivity (Wildman–Crippen MR) is 56.4 cm³/mol. The molecule has 1 fully saturated rings. The van der Waals surface area contributed by atoms with Crippen molar-refractivity contribution in [1.29, 1.82) is 0 Å². The molecule has 1 aliphatic heterocycles. The van der Waals surface area contributed by atoms with E-state index in [1.54, 1.807) is 6.20 Å². The second-order valence-electron chi connectivity index (χ2n) is 4.26. The number of hydrogen-bond acceptors (Lipinski definition) is 3. The van der Waals surface area contributed by atoms with Crippen molar-refractivity contribution >= 4 is 6.20 Å². The molecule has 2 heterocycles. The lowest BCUT2D eigenvalue weighted by atomic mass is 9.89. The van der Waals surface area contributed by atoms with Gasteiger partial charge in [0.1, 0.15) is 6.33 Å². The highest BCUT2D eigenvalue weighted by Gasteiger charge is 2.34. The van der Waals surface area contributed by atoms with Crippen LogP contribution in [0.4, 0.5) is 0 Å². The number of ether oxygens (including phenoxy) is 1. The fourth-order valence-corrected chi connectivity index (χ4v) is 1.62. The Labute approximate surface area is 88.0 Å². The van der Waals surface area contributed by atoms with Gasteiger partial charge in [0.05, 0.1) is 19.8 Å². The average Bonchev–Trinajstić information content (AvgIpc) is 2.48. The largest absolute Gasteiger partial charge is 0.380 e. The third-order valence-electron chi connectivity index (χ3n) is 2.50. The van der Waals surface area contributed by atoms with Gasteiger partial charge >= 0.3 is 5.69 Å². The van der Waals surface area contributed by atoms with E-state index in [4.69, 9.17) is 4.74 Å². The SMILES string of the molecule is C/C=C/n1cnn(CC2(C)COC2)c1=O. The van der Waals surface area contributed by atoms with E-state index in [1.165, 1.54) is 15.6 Å². The van der Waals surface area contributed by atoms with Gasteiger partial charge in [-0.25, -0.2) is 9.48 Å². The van der Waals surface area contributed by atoms with E-state index in [0.29, 0.717) is 19.8 Å². The molecule has 1 aromatic rings. The first-order chi connectivity index (χ1) is 7.14. The molecule has 0 bridgehead atoms. The average molecular weight is 209 g/mol. The van der Waals surface area contributed by atoms with Crippen molar-refractivity contribution in [3.05, 3.63) is 22.9 Å². The fraction of sp³-hybridized carbons (Fsp3) is 0.600. The van der Waals surface area contributed by atoms with Gasteiger partial charge in [-0.3, -0.25) is 4.57 Å². The second-order valence-corrected chi connectivity index (χ2v) is 4.26. The first kappa shape index (κ1) is 10.2. The number of nitrogens with zero attached hydrogens (tertiary/aromatic N) is 3. The van der Waals surface area contributed by atoms with E-state index < -0.39 is 0 Å². The summed E-state index contributed by atoms with van der Waals surface area (Å²) < 4.78 is 8.10. The van der Waals surface area contributed by atoms with Crippen molar-refractivity contribution in [2.24, 2.45) is 5.41 Å². The van der Waals surface area contributed by atoms with Gasteiger partial charge in [-0.05, 0) is 6.92 Å². The first-order valence-electron chi connectivity index (χ1n) is 4.99. The standard InChI is InChI=1S/C10H15N3O2/c1-3-4-12-8-11-13(9(12)14)5-10(2)6-15-7-10/h3-4,8H,5-7H2,1-2H3/b4-3+. The molecule has 1 saturated heterocycles. The molecule has 0 radical (unpaired) electrons. The van der Waals surface area contributed by atoms with Crippen molar-refractivity contribution in [3.63, 3.8) is 0 Å². The minimum Gasteiger partial charge on any atom is -0.380 e. The zero-order valence-electron chi connectivity index (χ0n) is 9.01. The zero-order valence-corrected chi connectivity index (χ0v) is 9.01. The molecule has 0 aromatic carbocycles. The van der Waals surface area contributed by atoms with Crippen LogP contribution in [-0.4, -0.2) is 27.6 Å². The summed E-state index contributed by atoms with van der Waals surface area (Å²) >= 11 is 0. The van der Waals surface area contributed by atoms with Gasteiger partial charge in [-0.2, -0.15) is 5.10 Å². The van der Waals surface area contributed by atoms with Crippen LogP contribution in [0.2, 0.25) is 0 Å². The van der Waals surface area contributed by atoms with Crippen molar-refractivity contribution in [1.82, 2.24) is 14.3 Å². The van der Waals surface area contributed by atoms with Gasteiger partial charge in [-0.15, -0.1) is 0 Å². The Morgan fingerprint density at radius 3 is 2.93 bits per heavy atom. The van der Waals surface area contributed by atoms with Crippen LogP contribution >= 0.6 is 0 Å². The van der Waals surface area contributed by atoms with Gasteiger partial charge in [0.2, 0.25) is 0 Å². The summed E-state index contributed by atoms with van der Waals surface area (Å²) in [6.07, 6.45) is 5.04. The molecule has 82 valence electrons. The van der Waals surface area contributed by atoms with Gasteiger partial charge in [0, 0.05) is 11.6 Å². The van der Waals surface area contributed by atoms with Crippen LogP contribution in [0.1, 0.15) is 13.8 Å². The summed E-state index contributed by atoms with van der Waals surface area (Å²) in [5.74, 6) is 0. The van der Waals surface area contributed by atoms with Crippen molar-refractivity contribution in [2.75, 3.05) is 13.2 Å². The third kappa shape index (κ3) is 1.87. The number of allylic oxidation sites excluding steroid dienone is 1. The summed E-state index contributed by atoms with van der Waals surface area (Å²) in [7, 11) is 0. The maximum absolute atomic E-state index is 11.7. The molecule has 5 nitrogen and oxygen atoms in total. The lowest BCUT2D eigenvalue weighted by Gasteiger charge is -2.37. The molecule has 2 rings (SSSR count). The van der Waals surface area contributed by atoms with E-state index in [1.807, 2.05) is 13.0 Å². The molecule has 5 heteroatoms. The molecular weight excluding hydrogens is 194 g/mol. The molecule has 15 heavy (non-hydrogen) atoms. The van der Waals surface area contributed by atoms with Crippen LogP contribution in [0.5, 0.6) is 0 Å². The number of aromatic nitrogens is 3. The Balaban J connectivity index is 2.19. The highest BCUT2D eigenvalue weighted by molar-refractivity contribution is 5.18. The second kappa shape index (κ2) is 3.66. The molecule has 0 atom stereocenters. The van der Waals surface area contributed by atoms with Crippen LogP contribution in [0.3, 0.4) is 0 Å². The minimum atomic E-state index is -0.0961. The molecule has 0 saturated carbocycles. The van der Waals surface area contributed by atoms with Crippen LogP contribution < -0.4 is 5.69 Å². The smallest absolute Gasteiger partial charge is 0.349 e. The molecule has 0 unspecified atom stereocenters. The van der Waals surface area contributed by atoms with E-state index in [-0.39, 0.29) is 11.1 Å². The Bertz CT molecular complexity index is 426. The zero-order chi connectivity index (χ0) is 10.9. The predicted octanol–water partition coefficient (Wildman–Crippen LogP) is 0.572. The Hall–Kier alpha value is -1.36. The Morgan fingerprint density at radius 1 is 1.67 bits per heavy atom. The lowest BCUT2D eigenvalue weighted by Crippen LogP contribution is -2.45. The van der Waals surface area contributed by atoms with Crippen molar-refractivity contribution in [3.8, 4) is 0 Å². The normalized spacial score (nSPS) is 19.3. The Morgan fingerprint density at radius 2 is 2.40 bits per heavy atom. The van der Waals surface area contributed by atoms with Gasteiger partial charge < -0.3 is 4.74 Å². The third-order valence-corrected chi connectivity index (χ3v) is 2.50. The summed E-state index contributed by atoms with van der Waals surface area (Å²) in [5.41, 5.74) is -0.0277. The molecular formula is C10H15N3O2. The van der Waals surface area contributed by atoms with Crippen molar-refractivity contribution < 1.29 is 4.74 Å². The number of hydrogen-bond donors (Lipinski definition) is 0. The minimum absolute atomic E-state index is 0.0684. The summed E-state index contributed by atoms with van der Waals surface area (Å²) in [5, 5.41) is 4.06. The molecule has 1 aliphatic rings. The van der Waals surface area contributed by atoms with Crippen LogP contribution in [0, 0.1) is 5.41 Å². The molecule has 0 N–H and O–H groups in total. The quantitative estimate of drug-likeness (QED) is 0.731. The van der Waals surface area contributed by atoms with Crippen LogP contribution in [-0.2, 0) is 11.3 Å². The van der Waals surface area contributed by atoms with Gasteiger partial charge in [0.15, 0.2) is 0 Å². The maximum Gasteiger partial charge on any atom is 0.349 e. The van der Waals surface area contributed by atoms with Crippen LogP contribution in [0.25, 0.3) is 6.20 Å². The number of rotatable bonds is 3. The Kier molecular flexibility index (Phi) is 2.48. The summed E-state index contributed by atoms with van der Waals surface area (Å²) in [6.45, 7) is 5.99. The van der Waals surface area contributed by atoms with E-state index in [0.717, 1.165) is 0 Å².